The maximum absolute atomic E-state index is 6.06. The molecule has 2 rings (SSSR count). The maximum Gasteiger partial charge on any atom is 0.166 e. The predicted octanol–water partition coefficient (Wildman–Crippen LogP) is 5.63. The second kappa shape index (κ2) is 12.0. The van der Waals surface area contributed by atoms with Crippen molar-refractivity contribution < 1.29 is 9.47 Å². The molecule has 138 valence electrons. The summed E-state index contributed by atoms with van der Waals surface area (Å²) >= 11 is 5.93. The van der Waals surface area contributed by atoms with E-state index in [-0.39, 0.29) is 12.4 Å². The van der Waals surface area contributed by atoms with Crippen LogP contribution in [0.4, 0.5) is 0 Å². The van der Waals surface area contributed by atoms with Crippen LogP contribution in [0.1, 0.15) is 37.3 Å². The first-order valence-electron chi connectivity index (χ1n) is 8.48. The molecular formula is C20H27Cl2NO2. The summed E-state index contributed by atoms with van der Waals surface area (Å²) in [5, 5.41) is 4.21. The van der Waals surface area contributed by atoms with Gasteiger partial charge in [-0.1, -0.05) is 55.6 Å². The van der Waals surface area contributed by atoms with E-state index in [1.165, 1.54) is 19.3 Å². The molecule has 0 radical (unpaired) electrons. The van der Waals surface area contributed by atoms with E-state index in [0.717, 1.165) is 40.7 Å². The molecule has 1 N–H and O–H groups in total. The number of benzene rings is 2. The van der Waals surface area contributed by atoms with Crippen molar-refractivity contribution in [2.75, 3.05) is 13.7 Å². The van der Waals surface area contributed by atoms with Crippen LogP contribution >= 0.6 is 24.0 Å². The molecule has 25 heavy (non-hydrogen) atoms. The molecule has 0 aliphatic heterocycles. The number of ether oxygens (including phenoxy) is 2. The van der Waals surface area contributed by atoms with Crippen molar-refractivity contribution in [3.8, 4) is 11.5 Å². The molecule has 0 spiro atoms. The number of halogens is 2. The smallest absolute Gasteiger partial charge is 0.166 e. The molecule has 3 nitrogen and oxygen atoms in total. The second-order valence-electron chi connectivity index (χ2n) is 5.75. The average molecular weight is 384 g/mol. The van der Waals surface area contributed by atoms with Crippen LogP contribution in [0.5, 0.6) is 11.5 Å². The fraction of sp³-hybridized carbons (Fsp3) is 0.400. The Morgan fingerprint density at radius 2 is 1.80 bits per heavy atom. The molecule has 5 heteroatoms. The van der Waals surface area contributed by atoms with Gasteiger partial charge in [-0.3, -0.25) is 0 Å². The molecule has 0 unspecified atom stereocenters. The molecule has 0 heterocycles. The highest BCUT2D eigenvalue weighted by molar-refractivity contribution is 6.30. The van der Waals surface area contributed by atoms with Crippen LogP contribution in [-0.2, 0) is 13.2 Å². The van der Waals surface area contributed by atoms with E-state index >= 15 is 0 Å². The van der Waals surface area contributed by atoms with Crippen molar-refractivity contribution in [3.63, 3.8) is 0 Å². The van der Waals surface area contributed by atoms with E-state index < -0.39 is 0 Å². The molecule has 0 saturated carbocycles. The summed E-state index contributed by atoms with van der Waals surface area (Å²) in [6, 6.07) is 13.7. The Kier molecular flexibility index (Phi) is 10.4. The van der Waals surface area contributed by atoms with Crippen molar-refractivity contribution in [3.05, 3.63) is 58.6 Å². The first-order valence-corrected chi connectivity index (χ1v) is 8.86. The van der Waals surface area contributed by atoms with Crippen LogP contribution in [-0.4, -0.2) is 13.7 Å². The fourth-order valence-electron chi connectivity index (χ4n) is 2.48. The van der Waals surface area contributed by atoms with Gasteiger partial charge < -0.3 is 14.8 Å². The summed E-state index contributed by atoms with van der Waals surface area (Å²) in [5.74, 6) is 1.56. The SMILES string of the molecule is CCCCCNCc1cccc(OC)c1OCc1ccc(Cl)cc1.Cl. The monoisotopic (exact) mass is 383 g/mol. The summed E-state index contributed by atoms with van der Waals surface area (Å²) < 4.78 is 11.5. The van der Waals surface area contributed by atoms with Gasteiger partial charge in [0, 0.05) is 17.1 Å². The minimum atomic E-state index is 0. The predicted molar refractivity (Wildman–Crippen MR) is 107 cm³/mol. The van der Waals surface area contributed by atoms with Crippen molar-refractivity contribution in [2.24, 2.45) is 0 Å². The highest BCUT2D eigenvalue weighted by atomic mass is 35.5. The lowest BCUT2D eigenvalue weighted by Gasteiger charge is -2.16. The third-order valence-electron chi connectivity index (χ3n) is 3.85. The van der Waals surface area contributed by atoms with Gasteiger partial charge in [-0.15, -0.1) is 12.4 Å². The average Bonchev–Trinajstić information content (AvgIpc) is 2.61. The van der Waals surface area contributed by atoms with Crippen LogP contribution in [0.2, 0.25) is 5.02 Å². The highest BCUT2D eigenvalue weighted by Crippen LogP contribution is 2.31. The third-order valence-corrected chi connectivity index (χ3v) is 4.10. The fourth-order valence-corrected chi connectivity index (χ4v) is 2.61. The molecule has 0 amide bonds. The van der Waals surface area contributed by atoms with E-state index in [4.69, 9.17) is 21.1 Å². The van der Waals surface area contributed by atoms with Gasteiger partial charge in [-0.25, -0.2) is 0 Å². The minimum absolute atomic E-state index is 0. The number of para-hydroxylation sites is 1. The lowest BCUT2D eigenvalue weighted by Crippen LogP contribution is -2.15. The first kappa shape index (κ1) is 21.6. The number of methoxy groups -OCH3 is 1. The van der Waals surface area contributed by atoms with Crippen molar-refractivity contribution >= 4 is 24.0 Å². The van der Waals surface area contributed by atoms with Gasteiger partial charge in [-0.05, 0) is 36.7 Å². The summed E-state index contributed by atoms with van der Waals surface area (Å²) in [6.45, 7) is 4.49. The number of nitrogens with one attached hydrogen (secondary N) is 1. The van der Waals surface area contributed by atoms with Gasteiger partial charge in [0.15, 0.2) is 11.5 Å². The molecule has 0 bridgehead atoms. The number of unbranched alkanes of at least 4 members (excludes halogenated alkanes) is 2. The van der Waals surface area contributed by atoms with Crippen LogP contribution in [0, 0.1) is 0 Å². The lowest BCUT2D eigenvalue weighted by atomic mass is 10.1. The molecule has 0 aliphatic rings. The van der Waals surface area contributed by atoms with E-state index in [9.17, 15) is 0 Å². The Morgan fingerprint density at radius 1 is 1.04 bits per heavy atom. The second-order valence-corrected chi connectivity index (χ2v) is 6.18. The molecule has 2 aromatic rings. The normalized spacial score (nSPS) is 10.2. The zero-order chi connectivity index (χ0) is 17.2. The largest absolute Gasteiger partial charge is 0.493 e. The number of hydrogen-bond acceptors (Lipinski definition) is 3. The van der Waals surface area contributed by atoms with E-state index in [1.54, 1.807) is 7.11 Å². The number of rotatable bonds is 10. The zero-order valence-corrected chi connectivity index (χ0v) is 16.5. The summed E-state index contributed by atoms with van der Waals surface area (Å²) in [7, 11) is 1.67. The van der Waals surface area contributed by atoms with Crippen LogP contribution < -0.4 is 14.8 Å². The van der Waals surface area contributed by atoms with Crippen molar-refractivity contribution in [1.82, 2.24) is 5.32 Å². The number of hydrogen-bond donors (Lipinski definition) is 1. The quantitative estimate of drug-likeness (QED) is 0.539. The molecular weight excluding hydrogens is 357 g/mol. The standard InChI is InChI=1S/C20H26ClNO2.ClH/c1-3-4-5-13-22-14-17-7-6-8-19(23-2)20(17)24-15-16-9-11-18(21)12-10-16;/h6-12,22H,3-5,13-15H2,1-2H3;1H. The lowest BCUT2D eigenvalue weighted by molar-refractivity contribution is 0.280. The van der Waals surface area contributed by atoms with Crippen molar-refractivity contribution in [1.29, 1.82) is 0 Å². The third kappa shape index (κ3) is 7.15. The highest BCUT2D eigenvalue weighted by Gasteiger charge is 2.10. The van der Waals surface area contributed by atoms with Gasteiger partial charge in [0.25, 0.3) is 0 Å². The van der Waals surface area contributed by atoms with Crippen LogP contribution in [0.3, 0.4) is 0 Å². The van der Waals surface area contributed by atoms with Gasteiger partial charge in [0.1, 0.15) is 6.61 Å². The molecule has 0 aliphatic carbocycles. The Hall–Kier alpha value is -1.42. The zero-order valence-electron chi connectivity index (χ0n) is 14.9. The molecule has 0 saturated heterocycles. The van der Waals surface area contributed by atoms with Crippen LogP contribution in [0.15, 0.2) is 42.5 Å². The van der Waals surface area contributed by atoms with E-state index in [1.807, 2.05) is 36.4 Å². The Bertz CT molecular complexity index is 618. The Labute approximate surface area is 162 Å². The van der Waals surface area contributed by atoms with Gasteiger partial charge >= 0.3 is 0 Å². The molecule has 0 atom stereocenters. The van der Waals surface area contributed by atoms with Gasteiger partial charge in [0.2, 0.25) is 0 Å². The Balaban J connectivity index is 0.00000312. The maximum atomic E-state index is 6.06. The molecule has 0 aromatic heterocycles. The van der Waals surface area contributed by atoms with Crippen LogP contribution in [0.25, 0.3) is 0 Å². The Morgan fingerprint density at radius 3 is 2.48 bits per heavy atom. The summed E-state index contributed by atoms with van der Waals surface area (Å²) in [4.78, 5) is 0. The molecule has 0 fully saturated rings. The summed E-state index contributed by atoms with van der Waals surface area (Å²) in [6.07, 6.45) is 3.68. The van der Waals surface area contributed by atoms with Gasteiger partial charge in [-0.2, -0.15) is 0 Å². The summed E-state index contributed by atoms with van der Waals surface area (Å²) in [5.41, 5.74) is 2.19. The topological polar surface area (TPSA) is 30.5 Å². The van der Waals surface area contributed by atoms with E-state index in [0.29, 0.717) is 6.61 Å². The van der Waals surface area contributed by atoms with E-state index in [2.05, 4.69) is 18.3 Å². The van der Waals surface area contributed by atoms with Crippen molar-refractivity contribution in [2.45, 2.75) is 39.3 Å². The molecule has 2 aromatic carbocycles. The minimum Gasteiger partial charge on any atom is -0.493 e. The first-order chi connectivity index (χ1) is 11.7. The van der Waals surface area contributed by atoms with Gasteiger partial charge in [0.05, 0.1) is 7.11 Å².